The van der Waals surface area contributed by atoms with E-state index in [2.05, 4.69) is 10.6 Å². The normalized spacial score (nSPS) is 12.3. The monoisotopic (exact) mass is 339 g/mol. The summed E-state index contributed by atoms with van der Waals surface area (Å²) in [4.78, 5) is 33.4. The number of aliphatic carboxylic acids is 2. The molecule has 0 radical (unpaired) electrons. The quantitative estimate of drug-likeness (QED) is 0.238. The Hall–Kier alpha value is -2.56. The summed E-state index contributed by atoms with van der Waals surface area (Å²) in [5.41, 5.74) is -0.199. The number of carbonyl (C=O) groups is 3. The van der Waals surface area contributed by atoms with Gasteiger partial charge in [-0.3, -0.25) is 9.59 Å². The first kappa shape index (κ1) is 21.4. The summed E-state index contributed by atoms with van der Waals surface area (Å²) in [7, 11) is 0. The third kappa shape index (κ3) is 10.2. The van der Waals surface area contributed by atoms with Gasteiger partial charge in [0.1, 0.15) is 17.7 Å². The molecule has 1 amide bonds. The van der Waals surface area contributed by atoms with E-state index < -0.39 is 23.9 Å². The molecule has 0 heterocycles. The van der Waals surface area contributed by atoms with Gasteiger partial charge in [0.25, 0.3) is 5.91 Å². The Morgan fingerprint density at radius 3 is 2.33 bits per heavy atom. The number of amides is 1. The van der Waals surface area contributed by atoms with E-state index in [1.54, 1.807) is 6.07 Å². The zero-order valence-corrected chi connectivity index (χ0v) is 14.0. The second-order valence-electron chi connectivity index (χ2n) is 5.82. The lowest BCUT2D eigenvalue weighted by molar-refractivity contribution is -0.141. The Morgan fingerprint density at radius 1 is 1.17 bits per heavy atom. The number of hydrogen-bond donors (Lipinski definition) is 4. The summed E-state index contributed by atoms with van der Waals surface area (Å²) in [6.45, 7) is 4.18. The molecule has 0 aliphatic heterocycles. The predicted molar refractivity (Wildman–Crippen MR) is 86.8 cm³/mol. The Bertz CT molecular complexity index is 508. The van der Waals surface area contributed by atoms with Gasteiger partial charge in [-0.2, -0.15) is 5.26 Å². The molecule has 8 nitrogen and oxygen atoms in total. The van der Waals surface area contributed by atoms with Gasteiger partial charge in [-0.15, -0.1) is 0 Å². The van der Waals surface area contributed by atoms with Crippen LogP contribution in [-0.2, 0) is 14.4 Å². The maximum atomic E-state index is 11.9. The van der Waals surface area contributed by atoms with E-state index in [4.69, 9.17) is 15.5 Å². The van der Waals surface area contributed by atoms with Crippen molar-refractivity contribution in [3.05, 3.63) is 11.8 Å². The Balaban J connectivity index is 4.34. The maximum Gasteiger partial charge on any atom is 0.326 e. The zero-order valence-electron chi connectivity index (χ0n) is 14.0. The van der Waals surface area contributed by atoms with Gasteiger partial charge in [0.2, 0.25) is 0 Å². The standard InChI is InChI=1S/C16H25N3O5/c1-11(2)8-13(16(23)24)19-15(22)12(9-17)10-18-7-5-3-4-6-14(20)21/h10-11,13,18H,3-8H2,1-2H3,(H,19,22)(H,20,21)(H,23,24)/b12-10-. The van der Waals surface area contributed by atoms with Crippen LogP contribution in [0.25, 0.3) is 0 Å². The molecule has 0 fully saturated rings. The number of nitrogens with zero attached hydrogens (tertiary/aromatic N) is 1. The zero-order chi connectivity index (χ0) is 18.5. The van der Waals surface area contributed by atoms with Crippen molar-refractivity contribution in [2.75, 3.05) is 6.54 Å². The molecule has 0 aliphatic rings. The lowest BCUT2D eigenvalue weighted by Crippen LogP contribution is -2.42. The van der Waals surface area contributed by atoms with Crippen LogP contribution in [0.15, 0.2) is 11.8 Å². The number of carboxylic acids is 2. The number of hydrogen-bond acceptors (Lipinski definition) is 5. The fourth-order valence-corrected chi connectivity index (χ4v) is 1.93. The first-order valence-electron chi connectivity index (χ1n) is 7.87. The van der Waals surface area contributed by atoms with Gasteiger partial charge in [0.05, 0.1) is 0 Å². The second kappa shape index (κ2) is 11.9. The van der Waals surface area contributed by atoms with Gasteiger partial charge in [-0.25, -0.2) is 4.79 Å². The molecular formula is C16H25N3O5. The third-order valence-electron chi connectivity index (χ3n) is 3.13. The van der Waals surface area contributed by atoms with E-state index >= 15 is 0 Å². The molecule has 1 atom stereocenters. The van der Waals surface area contributed by atoms with Crippen LogP contribution in [0.3, 0.4) is 0 Å². The highest BCUT2D eigenvalue weighted by molar-refractivity contribution is 5.99. The van der Waals surface area contributed by atoms with E-state index in [1.165, 1.54) is 6.20 Å². The summed E-state index contributed by atoms with van der Waals surface area (Å²) in [6.07, 6.45) is 3.64. The van der Waals surface area contributed by atoms with Crippen LogP contribution in [0, 0.1) is 17.2 Å². The fourth-order valence-electron chi connectivity index (χ4n) is 1.93. The number of nitriles is 1. The lowest BCUT2D eigenvalue weighted by Gasteiger charge is -2.16. The first-order chi connectivity index (χ1) is 11.3. The molecule has 24 heavy (non-hydrogen) atoms. The van der Waals surface area contributed by atoms with Crippen molar-refractivity contribution < 1.29 is 24.6 Å². The molecule has 8 heteroatoms. The lowest BCUT2D eigenvalue weighted by atomic mass is 10.0. The van der Waals surface area contributed by atoms with Gasteiger partial charge in [-0.05, 0) is 25.2 Å². The van der Waals surface area contributed by atoms with Gasteiger partial charge in [0.15, 0.2) is 0 Å². The molecule has 0 aliphatic carbocycles. The van der Waals surface area contributed by atoms with E-state index in [-0.39, 0.29) is 24.3 Å². The Kier molecular flexibility index (Phi) is 10.7. The fraction of sp³-hybridized carbons (Fsp3) is 0.625. The first-order valence-corrected chi connectivity index (χ1v) is 7.87. The molecule has 0 aromatic carbocycles. The van der Waals surface area contributed by atoms with Crippen LogP contribution in [0.2, 0.25) is 0 Å². The molecular weight excluding hydrogens is 314 g/mol. The number of carbonyl (C=O) groups excluding carboxylic acids is 1. The largest absolute Gasteiger partial charge is 0.481 e. The molecule has 1 unspecified atom stereocenters. The minimum absolute atomic E-state index is 0.0878. The molecule has 0 rings (SSSR count). The smallest absolute Gasteiger partial charge is 0.326 e. The molecule has 4 N–H and O–H groups in total. The molecule has 0 saturated carbocycles. The molecule has 0 aromatic rings. The van der Waals surface area contributed by atoms with Crippen LogP contribution < -0.4 is 10.6 Å². The molecule has 0 saturated heterocycles. The van der Waals surface area contributed by atoms with Crippen LogP contribution >= 0.6 is 0 Å². The van der Waals surface area contributed by atoms with Crippen molar-refractivity contribution in [1.82, 2.24) is 10.6 Å². The van der Waals surface area contributed by atoms with E-state index in [0.29, 0.717) is 19.4 Å². The highest BCUT2D eigenvalue weighted by Gasteiger charge is 2.22. The van der Waals surface area contributed by atoms with E-state index in [0.717, 1.165) is 6.42 Å². The highest BCUT2D eigenvalue weighted by atomic mass is 16.4. The molecule has 0 bridgehead atoms. The second-order valence-corrected chi connectivity index (χ2v) is 5.82. The third-order valence-corrected chi connectivity index (χ3v) is 3.13. The minimum atomic E-state index is -1.14. The molecule has 134 valence electrons. The summed E-state index contributed by atoms with van der Waals surface area (Å²) < 4.78 is 0. The summed E-state index contributed by atoms with van der Waals surface area (Å²) in [5.74, 6) is -2.62. The van der Waals surface area contributed by atoms with Crippen molar-refractivity contribution in [2.45, 2.75) is 52.0 Å². The van der Waals surface area contributed by atoms with Crippen molar-refractivity contribution in [3.8, 4) is 6.07 Å². The number of rotatable bonds is 12. The number of nitrogens with one attached hydrogen (secondary N) is 2. The maximum absolute atomic E-state index is 11.9. The number of carboxylic acid groups (broad SMARTS) is 2. The average molecular weight is 339 g/mol. The number of unbranched alkanes of at least 4 members (excludes halogenated alkanes) is 2. The van der Waals surface area contributed by atoms with Crippen molar-refractivity contribution in [1.29, 1.82) is 5.26 Å². The van der Waals surface area contributed by atoms with Crippen molar-refractivity contribution in [2.24, 2.45) is 5.92 Å². The van der Waals surface area contributed by atoms with Crippen LogP contribution in [-0.4, -0.2) is 40.6 Å². The summed E-state index contributed by atoms with van der Waals surface area (Å²) >= 11 is 0. The van der Waals surface area contributed by atoms with Gasteiger partial charge in [-0.1, -0.05) is 20.3 Å². The van der Waals surface area contributed by atoms with Crippen molar-refractivity contribution >= 4 is 17.8 Å². The molecule has 0 aromatic heterocycles. The van der Waals surface area contributed by atoms with Gasteiger partial charge >= 0.3 is 11.9 Å². The van der Waals surface area contributed by atoms with Crippen molar-refractivity contribution in [3.63, 3.8) is 0 Å². The Morgan fingerprint density at radius 2 is 1.83 bits per heavy atom. The van der Waals surface area contributed by atoms with E-state index in [1.807, 2.05) is 13.8 Å². The Labute approximate surface area is 141 Å². The minimum Gasteiger partial charge on any atom is -0.481 e. The predicted octanol–water partition coefficient (Wildman–Crippen LogP) is 1.24. The molecule has 0 spiro atoms. The summed E-state index contributed by atoms with van der Waals surface area (Å²) in [5, 5.41) is 31.7. The average Bonchev–Trinajstić information content (AvgIpc) is 2.48. The topological polar surface area (TPSA) is 140 Å². The van der Waals surface area contributed by atoms with Crippen LogP contribution in [0.1, 0.15) is 46.0 Å². The van der Waals surface area contributed by atoms with Gasteiger partial charge < -0.3 is 20.8 Å². The van der Waals surface area contributed by atoms with Gasteiger partial charge in [0, 0.05) is 19.2 Å². The van der Waals surface area contributed by atoms with E-state index in [9.17, 15) is 14.4 Å². The SMILES string of the molecule is CC(C)CC(NC(=O)/C(C#N)=C\NCCCCCC(=O)O)C(=O)O. The van der Waals surface area contributed by atoms with Crippen LogP contribution in [0.5, 0.6) is 0 Å². The summed E-state index contributed by atoms with van der Waals surface area (Å²) in [6, 6.07) is 0.696. The highest BCUT2D eigenvalue weighted by Crippen LogP contribution is 2.06. The van der Waals surface area contributed by atoms with Crippen LogP contribution in [0.4, 0.5) is 0 Å².